The molecule has 0 radical (unpaired) electrons. The van der Waals surface area contributed by atoms with Crippen LogP contribution in [0.15, 0.2) is 12.7 Å². The SMILES string of the molecule is C=CCN(CCCC)C(=O)C1N(CCCCCO)C(=O)[C@@H]2[C@@H](C(=O)O)[C@H]3CCC12O3. The molecule has 2 amide bonds. The Morgan fingerprint density at radius 3 is 2.73 bits per heavy atom. The van der Waals surface area contributed by atoms with E-state index in [1.807, 2.05) is 0 Å². The minimum atomic E-state index is -1.05. The summed E-state index contributed by atoms with van der Waals surface area (Å²) in [5.41, 5.74) is -1.05. The third-order valence-electron chi connectivity index (χ3n) is 6.82. The number of hydrogen-bond donors (Lipinski definition) is 2. The maximum atomic E-state index is 13.7. The minimum Gasteiger partial charge on any atom is -0.481 e. The molecule has 0 aromatic carbocycles. The number of aliphatic hydroxyl groups is 1. The zero-order valence-electron chi connectivity index (χ0n) is 17.8. The molecule has 0 aromatic rings. The Bertz CT molecular complexity index is 683. The molecule has 30 heavy (non-hydrogen) atoms. The van der Waals surface area contributed by atoms with Gasteiger partial charge in [0, 0.05) is 26.2 Å². The van der Waals surface area contributed by atoms with E-state index in [-0.39, 0.29) is 18.4 Å². The highest BCUT2D eigenvalue weighted by molar-refractivity contribution is 5.98. The van der Waals surface area contributed by atoms with Crippen molar-refractivity contribution in [3.05, 3.63) is 12.7 Å². The first kappa shape index (κ1) is 22.7. The highest BCUT2D eigenvalue weighted by atomic mass is 16.5. The number of nitrogens with zero attached hydrogens (tertiary/aromatic N) is 2. The smallest absolute Gasteiger partial charge is 0.310 e. The highest BCUT2D eigenvalue weighted by Crippen LogP contribution is 2.58. The van der Waals surface area contributed by atoms with Crippen LogP contribution in [0.3, 0.4) is 0 Å². The summed E-state index contributed by atoms with van der Waals surface area (Å²) in [4.78, 5) is 42.3. The zero-order chi connectivity index (χ0) is 21.9. The first-order valence-corrected chi connectivity index (χ1v) is 11.1. The minimum absolute atomic E-state index is 0.0822. The summed E-state index contributed by atoms with van der Waals surface area (Å²) < 4.78 is 6.20. The number of carbonyl (C=O) groups excluding carboxylic acids is 2. The standard InChI is InChI=1S/C22H34N2O6/c1-3-5-12-23(11-4-2)20(27)18-22-10-9-15(30-22)16(21(28)29)17(22)19(26)24(18)13-7-6-8-14-25/h4,15-18,25H,2-3,5-14H2,1H3,(H,28,29)/t15-,16+,17+,18?,22?/m1/s1. The van der Waals surface area contributed by atoms with Crippen LogP contribution in [0.5, 0.6) is 0 Å². The molecule has 3 saturated heterocycles. The van der Waals surface area contributed by atoms with Gasteiger partial charge in [0.1, 0.15) is 11.6 Å². The van der Waals surface area contributed by atoms with Crippen molar-refractivity contribution in [2.24, 2.45) is 11.8 Å². The number of amides is 2. The van der Waals surface area contributed by atoms with Gasteiger partial charge in [-0.3, -0.25) is 14.4 Å². The van der Waals surface area contributed by atoms with Crippen molar-refractivity contribution in [1.29, 1.82) is 0 Å². The molecule has 2 bridgehead atoms. The predicted molar refractivity (Wildman–Crippen MR) is 110 cm³/mol. The summed E-state index contributed by atoms with van der Waals surface area (Å²) in [6.45, 7) is 7.21. The quantitative estimate of drug-likeness (QED) is 0.364. The molecule has 1 spiro atoms. The number of carboxylic acid groups (broad SMARTS) is 1. The van der Waals surface area contributed by atoms with E-state index < -0.39 is 35.6 Å². The Hall–Kier alpha value is -1.93. The topological polar surface area (TPSA) is 107 Å². The Morgan fingerprint density at radius 2 is 2.10 bits per heavy atom. The number of aliphatic hydroxyl groups excluding tert-OH is 1. The molecule has 8 nitrogen and oxygen atoms in total. The van der Waals surface area contributed by atoms with E-state index in [1.54, 1.807) is 15.9 Å². The van der Waals surface area contributed by atoms with E-state index in [1.165, 1.54) is 0 Å². The summed E-state index contributed by atoms with van der Waals surface area (Å²) in [5, 5.41) is 18.8. The maximum Gasteiger partial charge on any atom is 0.310 e. The van der Waals surface area contributed by atoms with Crippen LogP contribution in [0.2, 0.25) is 0 Å². The van der Waals surface area contributed by atoms with Gasteiger partial charge in [0.15, 0.2) is 0 Å². The van der Waals surface area contributed by atoms with Gasteiger partial charge in [-0.25, -0.2) is 0 Å². The molecule has 3 aliphatic rings. The molecule has 0 saturated carbocycles. The van der Waals surface area contributed by atoms with Crippen LogP contribution >= 0.6 is 0 Å². The summed E-state index contributed by atoms with van der Waals surface area (Å²) in [6, 6.07) is -0.796. The van der Waals surface area contributed by atoms with Gasteiger partial charge in [-0.1, -0.05) is 19.4 Å². The molecule has 3 rings (SSSR count). The van der Waals surface area contributed by atoms with Crippen LogP contribution in [-0.4, -0.2) is 81.8 Å². The van der Waals surface area contributed by atoms with Gasteiger partial charge in [-0.15, -0.1) is 6.58 Å². The van der Waals surface area contributed by atoms with Crippen LogP contribution in [0.1, 0.15) is 51.9 Å². The van der Waals surface area contributed by atoms with Crippen LogP contribution in [0, 0.1) is 11.8 Å². The number of aliphatic carboxylic acids is 1. The Balaban J connectivity index is 1.92. The maximum absolute atomic E-state index is 13.7. The summed E-state index contributed by atoms with van der Waals surface area (Å²) in [6.07, 6.45) is 6.04. The molecule has 3 heterocycles. The molecule has 0 aliphatic carbocycles. The molecule has 2 N–H and O–H groups in total. The number of unbranched alkanes of at least 4 members (excludes halogenated alkanes) is 3. The van der Waals surface area contributed by atoms with E-state index in [2.05, 4.69) is 13.5 Å². The first-order chi connectivity index (χ1) is 14.4. The van der Waals surface area contributed by atoms with Gasteiger partial charge in [0.2, 0.25) is 11.8 Å². The van der Waals surface area contributed by atoms with Crippen LogP contribution in [-0.2, 0) is 19.1 Å². The molecular formula is C22H34N2O6. The number of ether oxygens (including phenoxy) is 1. The second kappa shape index (κ2) is 9.47. The zero-order valence-corrected chi connectivity index (χ0v) is 17.8. The fourth-order valence-electron chi connectivity index (χ4n) is 5.49. The van der Waals surface area contributed by atoms with Crippen molar-refractivity contribution in [3.8, 4) is 0 Å². The van der Waals surface area contributed by atoms with Gasteiger partial charge in [0.25, 0.3) is 0 Å². The van der Waals surface area contributed by atoms with Gasteiger partial charge < -0.3 is 24.7 Å². The summed E-state index contributed by atoms with van der Waals surface area (Å²) in [7, 11) is 0. The van der Waals surface area contributed by atoms with Gasteiger partial charge in [0.05, 0.1) is 17.9 Å². The average Bonchev–Trinajstić information content (AvgIpc) is 3.35. The second-order valence-corrected chi connectivity index (χ2v) is 8.64. The molecule has 3 aliphatic heterocycles. The van der Waals surface area contributed by atoms with Crippen molar-refractivity contribution in [3.63, 3.8) is 0 Å². The molecular weight excluding hydrogens is 388 g/mol. The molecule has 3 fully saturated rings. The van der Waals surface area contributed by atoms with Crippen molar-refractivity contribution < 1.29 is 29.3 Å². The molecule has 0 aromatic heterocycles. The van der Waals surface area contributed by atoms with Crippen molar-refractivity contribution in [1.82, 2.24) is 9.80 Å². The monoisotopic (exact) mass is 422 g/mol. The van der Waals surface area contributed by atoms with Crippen LogP contribution in [0.25, 0.3) is 0 Å². The number of likely N-dealkylation sites (tertiary alicyclic amines) is 1. The lowest BCUT2D eigenvalue weighted by Crippen LogP contribution is -2.56. The third-order valence-corrected chi connectivity index (χ3v) is 6.82. The van der Waals surface area contributed by atoms with Gasteiger partial charge >= 0.3 is 5.97 Å². The van der Waals surface area contributed by atoms with Gasteiger partial charge in [-0.05, 0) is 38.5 Å². The molecule has 8 heteroatoms. The number of hydrogen-bond acceptors (Lipinski definition) is 5. The molecule has 5 atom stereocenters. The number of carboxylic acids is 1. The van der Waals surface area contributed by atoms with E-state index >= 15 is 0 Å². The normalized spacial score (nSPS) is 31.8. The van der Waals surface area contributed by atoms with E-state index in [4.69, 9.17) is 9.84 Å². The van der Waals surface area contributed by atoms with E-state index in [9.17, 15) is 19.5 Å². The van der Waals surface area contributed by atoms with Crippen LogP contribution < -0.4 is 0 Å². The Kier molecular flexibility index (Phi) is 7.18. The summed E-state index contributed by atoms with van der Waals surface area (Å²) in [5.74, 6) is -3.18. The Morgan fingerprint density at radius 1 is 1.33 bits per heavy atom. The third kappa shape index (κ3) is 3.75. The average molecular weight is 423 g/mol. The van der Waals surface area contributed by atoms with Crippen molar-refractivity contribution in [2.45, 2.75) is 69.6 Å². The summed E-state index contributed by atoms with van der Waals surface area (Å²) >= 11 is 0. The second-order valence-electron chi connectivity index (χ2n) is 8.64. The molecule has 2 unspecified atom stereocenters. The van der Waals surface area contributed by atoms with Crippen LogP contribution in [0.4, 0.5) is 0 Å². The number of fused-ring (bicyclic) bond motifs is 1. The lowest BCUT2D eigenvalue weighted by Gasteiger charge is -2.36. The molecule has 168 valence electrons. The van der Waals surface area contributed by atoms with Crippen molar-refractivity contribution >= 4 is 17.8 Å². The van der Waals surface area contributed by atoms with Crippen molar-refractivity contribution in [2.75, 3.05) is 26.2 Å². The van der Waals surface area contributed by atoms with E-state index in [0.717, 1.165) is 19.3 Å². The lowest BCUT2D eigenvalue weighted by atomic mass is 9.70. The number of rotatable bonds is 12. The number of carbonyl (C=O) groups is 3. The predicted octanol–water partition coefficient (Wildman–Crippen LogP) is 1.42. The largest absolute Gasteiger partial charge is 0.481 e. The first-order valence-electron chi connectivity index (χ1n) is 11.1. The highest BCUT2D eigenvalue weighted by Gasteiger charge is 2.74. The Labute approximate surface area is 177 Å². The van der Waals surface area contributed by atoms with Gasteiger partial charge in [-0.2, -0.15) is 0 Å². The van der Waals surface area contributed by atoms with E-state index in [0.29, 0.717) is 45.3 Å². The fraction of sp³-hybridized carbons (Fsp3) is 0.773. The lowest BCUT2D eigenvalue weighted by molar-refractivity contribution is -0.151. The fourth-order valence-corrected chi connectivity index (χ4v) is 5.49.